The Kier molecular flexibility index (Phi) is 4.01. The smallest absolute Gasteiger partial charge is 0.253 e. The van der Waals surface area contributed by atoms with E-state index in [1.165, 1.54) is 6.33 Å². The lowest BCUT2D eigenvalue weighted by Gasteiger charge is -2.32. The first kappa shape index (κ1) is 15.5. The monoisotopic (exact) mass is 337 g/mol. The van der Waals surface area contributed by atoms with E-state index in [0.29, 0.717) is 18.0 Å². The molecule has 3 aromatic rings. The molecule has 1 aliphatic heterocycles. The molecule has 1 unspecified atom stereocenters. The van der Waals surface area contributed by atoms with Gasteiger partial charge >= 0.3 is 0 Å². The number of hydrogen-bond donors (Lipinski definition) is 0. The predicted molar refractivity (Wildman–Crippen MR) is 90.2 cm³/mol. The van der Waals surface area contributed by atoms with Crippen LogP contribution >= 0.6 is 0 Å². The number of benzene rings is 1. The molecule has 0 spiro atoms. The highest BCUT2D eigenvalue weighted by atomic mass is 16.2. The molecule has 1 aromatic carbocycles. The van der Waals surface area contributed by atoms with Gasteiger partial charge in [-0.25, -0.2) is 4.68 Å². The number of carbonyl (C=O) groups excluding carboxylic acids is 1. The minimum absolute atomic E-state index is 0.0376. The van der Waals surface area contributed by atoms with E-state index < -0.39 is 0 Å². The van der Waals surface area contributed by atoms with Gasteiger partial charge in [0.1, 0.15) is 6.33 Å². The molecule has 1 aliphatic rings. The Morgan fingerprint density at radius 2 is 2.20 bits per heavy atom. The van der Waals surface area contributed by atoms with Crippen LogP contribution < -0.4 is 0 Å². The molecule has 0 N–H and O–H groups in total. The number of carbonyl (C=O) groups is 1. The molecule has 8 heteroatoms. The second-order valence-corrected chi connectivity index (χ2v) is 6.31. The summed E-state index contributed by atoms with van der Waals surface area (Å²) in [5.41, 5.74) is 2.48. The van der Waals surface area contributed by atoms with E-state index in [9.17, 15) is 4.79 Å². The Hall–Kier alpha value is -3.03. The lowest BCUT2D eigenvalue weighted by molar-refractivity contribution is 0.0705. The van der Waals surface area contributed by atoms with Gasteiger partial charge in [0.05, 0.1) is 11.4 Å². The number of piperidine rings is 1. The number of amides is 1. The normalized spacial score (nSPS) is 17.6. The Morgan fingerprint density at radius 1 is 1.28 bits per heavy atom. The summed E-state index contributed by atoms with van der Waals surface area (Å²) in [6.45, 7) is 1.47. The quantitative estimate of drug-likeness (QED) is 0.722. The highest BCUT2D eigenvalue weighted by molar-refractivity contribution is 5.94. The van der Waals surface area contributed by atoms with Crippen LogP contribution in [-0.2, 0) is 7.05 Å². The van der Waals surface area contributed by atoms with Crippen LogP contribution in [0.15, 0.2) is 42.9 Å². The van der Waals surface area contributed by atoms with Gasteiger partial charge in [-0.2, -0.15) is 5.10 Å². The molecule has 25 heavy (non-hydrogen) atoms. The van der Waals surface area contributed by atoms with Crippen LogP contribution in [-0.4, -0.2) is 53.9 Å². The fourth-order valence-electron chi connectivity index (χ4n) is 3.30. The number of hydrogen-bond acceptors (Lipinski definition) is 5. The third kappa shape index (κ3) is 3.15. The number of rotatable bonds is 3. The van der Waals surface area contributed by atoms with Crippen LogP contribution in [0.4, 0.5) is 0 Å². The molecule has 128 valence electrons. The van der Waals surface area contributed by atoms with Gasteiger partial charge < -0.3 is 4.90 Å². The maximum absolute atomic E-state index is 12.9. The van der Waals surface area contributed by atoms with Crippen LogP contribution in [0, 0.1) is 0 Å². The van der Waals surface area contributed by atoms with Crippen LogP contribution in [0.1, 0.15) is 34.8 Å². The van der Waals surface area contributed by atoms with Crippen molar-refractivity contribution < 1.29 is 4.79 Å². The zero-order chi connectivity index (χ0) is 17.2. The van der Waals surface area contributed by atoms with Crippen molar-refractivity contribution in [1.82, 2.24) is 34.9 Å². The van der Waals surface area contributed by atoms with E-state index in [0.717, 1.165) is 30.8 Å². The van der Waals surface area contributed by atoms with E-state index in [1.807, 2.05) is 53.2 Å². The van der Waals surface area contributed by atoms with Crippen molar-refractivity contribution in [3.63, 3.8) is 0 Å². The number of tetrazole rings is 1. The van der Waals surface area contributed by atoms with Gasteiger partial charge in [-0.3, -0.25) is 9.48 Å². The zero-order valence-corrected chi connectivity index (χ0v) is 14.0. The van der Waals surface area contributed by atoms with E-state index in [1.54, 1.807) is 4.68 Å². The Balaban J connectivity index is 1.53. The molecule has 1 amide bonds. The third-order valence-electron chi connectivity index (χ3n) is 4.57. The fraction of sp³-hybridized carbons (Fsp3) is 0.353. The van der Waals surface area contributed by atoms with Crippen molar-refractivity contribution >= 4 is 5.91 Å². The standard InChI is InChI=1S/C17H19N7O/c1-22-9-7-16(19-22)14-5-3-8-23(11-14)17(25)13-4-2-6-15(10-13)24-12-18-20-21-24/h2,4,6-7,9-10,12,14H,3,5,8,11H2,1H3. The van der Waals surface area contributed by atoms with Gasteiger partial charge in [0.15, 0.2) is 0 Å². The largest absolute Gasteiger partial charge is 0.338 e. The average Bonchev–Trinajstić information content (AvgIpc) is 3.33. The minimum atomic E-state index is 0.0376. The molecule has 0 bridgehead atoms. The summed E-state index contributed by atoms with van der Waals surface area (Å²) in [6.07, 6.45) is 5.51. The molecule has 8 nitrogen and oxygen atoms in total. The van der Waals surface area contributed by atoms with E-state index >= 15 is 0 Å². The molecule has 1 fully saturated rings. The molecule has 4 rings (SSSR count). The molecular weight excluding hydrogens is 318 g/mol. The Bertz CT molecular complexity index is 871. The molecule has 2 aromatic heterocycles. The van der Waals surface area contributed by atoms with Gasteiger partial charge in [-0.15, -0.1) is 5.10 Å². The van der Waals surface area contributed by atoms with Gasteiger partial charge in [-0.05, 0) is 47.5 Å². The number of nitrogens with zero attached hydrogens (tertiary/aromatic N) is 7. The number of likely N-dealkylation sites (tertiary alicyclic amines) is 1. The summed E-state index contributed by atoms with van der Waals surface area (Å²) in [4.78, 5) is 14.9. The minimum Gasteiger partial charge on any atom is -0.338 e. The topological polar surface area (TPSA) is 81.7 Å². The molecule has 0 aliphatic carbocycles. The molecule has 1 atom stereocenters. The summed E-state index contributed by atoms with van der Waals surface area (Å²) in [7, 11) is 1.92. The first-order chi connectivity index (χ1) is 12.2. The summed E-state index contributed by atoms with van der Waals surface area (Å²) in [5, 5.41) is 15.6. The molecule has 0 saturated carbocycles. The Labute approximate surface area is 145 Å². The van der Waals surface area contributed by atoms with Crippen molar-refractivity contribution in [2.75, 3.05) is 13.1 Å². The molecule has 3 heterocycles. The highest BCUT2D eigenvalue weighted by Crippen LogP contribution is 2.26. The number of aromatic nitrogens is 6. The van der Waals surface area contributed by atoms with E-state index in [2.05, 4.69) is 20.6 Å². The SMILES string of the molecule is Cn1ccc(C2CCCN(C(=O)c3cccc(-n4cnnn4)c3)C2)n1. The van der Waals surface area contributed by atoms with Crippen LogP contribution in [0.2, 0.25) is 0 Å². The van der Waals surface area contributed by atoms with Crippen molar-refractivity contribution in [2.45, 2.75) is 18.8 Å². The first-order valence-electron chi connectivity index (χ1n) is 8.33. The van der Waals surface area contributed by atoms with Crippen molar-refractivity contribution in [3.05, 3.63) is 54.1 Å². The lowest BCUT2D eigenvalue weighted by Crippen LogP contribution is -2.39. The molecule has 0 radical (unpaired) electrons. The summed E-state index contributed by atoms with van der Waals surface area (Å²) in [6, 6.07) is 9.42. The molecular formula is C17H19N7O. The maximum atomic E-state index is 12.9. The molecule has 1 saturated heterocycles. The highest BCUT2D eigenvalue weighted by Gasteiger charge is 2.26. The van der Waals surface area contributed by atoms with E-state index in [4.69, 9.17) is 0 Å². The van der Waals surface area contributed by atoms with Crippen molar-refractivity contribution in [3.8, 4) is 5.69 Å². The number of aryl methyl sites for hydroxylation is 1. The fourth-order valence-corrected chi connectivity index (χ4v) is 3.30. The van der Waals surface area contributed by atoms with Gasteiger partial charge in [0, 0.05) is 37.8 Å². The second kappa shape index (κ2) is 6.46. The van der Waals surface area contributed by atoms with E-state index in [-0.39, 0.29) is 5.91 Å². The van der Waals surface area contributed by atoms with Gasteiger partial charge in [-0.1, -0.05) is 6.07 Å². The average molecular weight is 337 g/mol. The summed E-state index contributed by atoms with van der Waals surface area (Å²) < 4.78 is 3.36. The van der Waals surface area contributed by atoms with Gasteiger partial charge in [0.2, 0.25) is 0 Å². The predicted octanol–water partition coefficient (Wildman–Crippen LogP) is 1.42. The lowest BCUT2D eigenvalue weighted by atomic mass is 9.94. The van der Waals surface area contributed by atoms with Crippen LogP contribution in [0.25, 0.3) is 5.69 Å². The van der Waals surface area contributed by atoms with Crippen molar-refractivity contribution in [1.29, 1.82) is 0 Å². The van der Waals surface area contributed by atoms with Crippen LogP contribution in [0.5, 0.6) is 0 Å². The summed E-state index contributed by atoms with van der Waals surface area (Å²) >= 11 is 0. The second-order valence-electron chi connectivity index (χ2n) is 6.31. The van der Waals surface area contributed by atoms with Gasteiger partial charge in [0.25, 0.3) is 5.91 Å². The zero-order valence-electron chi connectivity index (χ0n) is 14.0. The van der Waals surface area contributed by atoms with Crippen LogP contribution in [0.3, 0.4) is 0 Å². The summed E-state index contributed by atoms with van der Waals surface area (Å²) in [5.74, 6) is 0.331. The maximum Gasteiger partial charge on any atom is 0.253 e. The first-order valence-corrected chi connectivity index (χ1v) is 8.33. The Morgan fingerprint density at radius 3 is 2.96 bits per heavy atom. The van der Waals surface area contributed by atoms with Crippen molar-refractivity contribution in [2.24, 2.45) is 7.05 Å². The third-order valence-corrected chi connectivity index (χ3v) is 4.57.